The number of nitrogens with one attached hydrogen (secondary N) is 1. The molecule has 0 saturated heterocycles. The molecular weight excluding hydrogens is 591 g/mol. The molecule has 4 rings (SSSR count). The van der Waals surface area contributed by atoms with Gasteiger partial charge in [0.15, 0.2) is 11.5 Å². The van der Waals surface area contributed by atoms with Gasteiger partial charge in [0.2, 0.25) is 0 Å². The molecule has 0 aliphatic carbocycles. The van der Waals surface area contributed by atoms with Crippen molar-refractivity contribution in [3.63, 3.8) is 0 Å². The number of hydrogen-bond acceptors (Lipinski definition) is 5. The number of amides is 1. The Bertz CT molecular complexity index is 1410. The normalized spacial score (nSPS) is 11.0. The topological polar surface area (TPSA) is 69.2 Å². The molecule has 184 valence electrons. The van der Waals surface area contributed by atoms with Gasteiger partial charge in [-0.3, -0.25) is 4.79 Å². The highest BCUT2D eigenvalue weighted by Gasteiger charge is 2.14. The second-order valence-electron chi connectivity index (χ2n) is 7.78. The van der Waals surface area contributed by atoms with Gasteiger partial charge in [-0.25, -0.2) is 5.43 Å². The number of methoxy groups -OCH3 is 1. The maximum Gasteiger partial charge on any atom is 0.275 e. The first-order valence-corrected chi connectivity index (χ1v) is 12.7. The summed E-state index contributed by atoms with van der Waals surface area (Å²) < 4.78 is 18.2. The van der Waals surface area contributed by atoms with E-state index in [1.54, 1.807) is 12.3 Å². The number of rotatable bonds is 9. The van der Waals surface area contributed by atoms with Gasteiger partial charge in [-0.1, -0.05) is 48.0 Å². The number of benzene rings is 4. The van der Waals surface area contributed by atoms with Crippen molar-refractivity contribution < 1.29 is 19.0 Å². The molecule has 0 aliphatic rings. The Balaban J connectivity index is 1.50. The van der Waals surface area contributed by atoms with E-state index in [1.165, 1.54) is 7.11 Å². The maximum absolute atomic E-state index is 12.8. The lowest BCUT2D eigenvalue weighted by atomic mass is 10.1. The smallest absolute Gasteiger partial charge is 0.275 e. The van der Waals surface area contributed by atoms with E-state index in [0.717, 1.165) is 25.5 Å². The summed E-state index contributed by atoms with van der Waals surface area (Å²) in [6.45, 7) is 2.77. The molecule has 0 unspecified atom stereocenters. The lowest BCUT2D eigenvalue weighted by Gasteiger charge is -2.15. The van der Waals surface area contributed by atoms with Gasteiger partial charge in [0.1, 0.15) is 12.4 Å². The molecule has 0 saturated carbocycles. The number of carbonyl (C=O) groups excluding carboxylic acids is 1. The van der Waals surface area contributed by atoms with Crippen LogP contribution in [0, 0.1) is 3.57 Å². The van der Waals surface area contributed by atoms with Crippen LogP contribution in [-0.4, -0.2) is 25.8 Å². The Kier molecular flexibility index (Phi) is 8.66. The van der Waals surface area contributed by atoms with Gasteiger partial charge in [-0.05, 0) is 87.8 Å². The minimum atomic E-state index is -0.364. The van der Waals surface area contributed by atoms with E-state index in [-0.39, 0.29) is 5.91 Å². The maximum atomic E-state index is 12.8. The Morgan fingerprint density at radius 3 is 2.42 bits per heavy atom. The van der Waals surface area contributed by atoms with Crippen LogP contribution in [-0.2, 0) is 6.61 Å². The van der Waals surface area contributed by atoms with Gasteiger partial charge in [-0.2, -0.15) is 5.10 Å². The van der Waals surface area contributed by atoms with Crippen LogP contribution in [0.2, 0.25) is 5.02 Å². The van der Waals surface area contributed by atoms with Crippen molar-refractivity contribution in [3.8, 4) is 17.2 Å². The highest BCUT2D eigenvalue weighted by Crippen LogP contribution is 2.34. The summed E-state index contributed by atoms with van der Waals surface area (Å²) in [6.07, 6.45) is 1.57. The Morgan fingerprint density at radius 2 is 1.72 bits per heavy atom. The zero-order chi connectivity index (χ0) is 25.5. The minimum Gasteiger partial charge on any atom is -0.496 e. The van der Waals surface area contributed by atoms with E-state index in [9.17, 15) is 4.79 Å². The Morgan fingerprint density at radius 1 is 1.00 bits per heavy atom. The highest BCUT2D eigenvalue weighted by atomic mass is 127. The summed E-state index contributed by atoms with van der Waals surface area (Å²) in [7, 11) is 1.54. The van der Waals surface area contributed by atoms with E-state index in [0.29, 0.717) is 41.0 Å². The van der Waals surface area contributed by atoms with Crippen molar-refractivity contribution in [2.24, 2.45) is 5.10 Å². The zero-order valence-electron chi connectivity index (χ0n) is 19.8. The third-order valence-electron chi connectivity index (χ3n) is 5.32. The van der Waals surface area contributed by atoms with E-state index in [4.69, 9.17) is 25.8 Å². The van der Waals surface area contributed by atoms with Crippen LogP contribution in [0.1, 0.15) is 28.4 Å². The van der Waals surface area contributed by atoms with Crippen molar-refractivity contribution in [1.82, 2.24) is 5.43 Å². The molecule has 0 aliphatic heterocycles. The van der Waals surface area contributed by atoms with Crippen molar-refractivity contribution in [2.45, 2.75) is 13.5 Å². The summed E-state index contributed by atoms with van der Waals surface area (Å²) >= 11 is 8.16. The van der Waals surface area contributed by atoms with Crippen LogP contribution >= 0.6 is 34.2 Å². The minimum absolute atomic E-state index is 0.364. The average Bonchev–Trinajstić information content (AvgIpc) is 2.88. The van der Waals surface area contributed by atoms with Crippen molar-refractivity contribution in [3.05, 3.63) is 98.1 Å². The summed E-state index contributed by atoms with van der Waals surface area (Å²) in [6, 6.07) is 22.7. The number of hydrogen-bond donors (Lipinski definition) is 1. The molecule has 6 nitrogen and oxygen atoms in total. The Labute approximate surface area is 228 Å². The standard InChI is InChI=1S/C28H24ClIN2O4/c1-3-35-26-13-19(12-24(30)27(26)36-17-18-8-10-22(29)11-9-18)16-31-32-28(33)23-14-20-6-4-5-7-21(20)15-25(23)34-2/h4-16H,3,17H2,1-2H3,(H,32,33)/b31-16-. The van der Waals surface area contributed by atoms with Crippen molar-refractivity contribution in [2.75, 3.05) is 13.7 Å². The first-order chi connectivity index (χ1) is 17.5. The molecule has 36 heavy (non-hydrogen) atoms. The third-order valence-corrected chi connectivity index (χ3v) is 6.37. The van der Waals surface area contributed by atoms with Crippen molar-refractivity contribution >= 4 is 57.1 Å². The van der Waals surface area contributed by atoms with Gasteiger partial charge in [0.25, 0.3) is 5.91 Å². The first-order valence-electron chi connectivity index (χ1n) is 11.2. The lowest BCUT2D eigenvalue weighted by Crippen LogP contribution is -2.18. The zero-order valence-corrected chi connectivity index (χ0v) is 22.7. The molecule has 0 fully saturated rings. The molecule has 0 aromatic heterocycles. The quantitative estimate of drug-likeness (QED) is 0.127. The molecule has 1 amide bonds. The number of fused-ring (bicyclic) bond motifs is 1. The van der Waals surface area contributed by atoms with Crippen LogP contribution in [0.4, 0.5) is 0 Å². The summed E-state index contributed by atoms with van der Waals surface area (Å²) in [5.74, 6) is 1.37. The van der Waals surface area contributed by atoms with Crippen molar-refractivity contribution in [1.29, 1.82) is 0 Å². The molecule has 1 N–H and O–H groups in total. The van der Waals surface area contributed by atoms with Gasteiger partial charge in [-0.15, -0.1) is 0 Å². The number of ether oxygens (including phenoxy) is 3. The predicted molar refractivity (Wildman–Crippen MR) is 152 cm³/mol. The molecule has 0 spiro atoms. The predicted octanol–water partition coefficient (Wildman–Crippen LogP) is 6.85. The van der Waals surface area contributed by atoms with E-state index >= 15 is 0 Å². The lowest BCUT2D eigenvalue weighted by molar-refractivity contribution is 0.0952. The fraction of sp³-hybridized carbons (Fsp3) is 0.143. The van der Waals surface area contributed by atoms with Crippen LogP contribution in [0.3, 0.4) is 0 Å². The number of hydrazone groups is 1. The average molecular weight is 615 g/mol. The van der Waals surface area contributed by atoms with E-state index < -0.39 is 0 Å². The largest absolute Gasteiger partial charge is 0.496 e. The molecular formula is C28H24ClIN2O4. The van der Waals surface area contributed by atoms with E-state index in [1.807, 2.05) is 73.7 Å². The Hall–Kier alpha value is -3.30. The van der Waals surface area contributed by atoms with Gasteiger partial charge >= 0.3 is 0 Å². The van der Waals surface area contributed by atoms with Gasteiger partial charge in [0, 0.05) is 5.02 Å². The van der Waals surface area contributed by atoms with Crippen LogP contribution < -0.4 is 19.6 Å². The fourth-order valence-corrected chi connectivity index (χ4v) is 4.50. The monoisotopic (exact) mass is 614 g/mol. The van der Waals surface area contributed by atoms with Gasteiger partial charge < -0.3 is 14.2 Å². The summed E-state index contributed by atoms with van der Waals surface area (Å²) in [5.41, 5.74) is 4.75. The summed E-state index contributed by atoms with van der Waals surface area (Å²) in [5, 5.41) is 6.77. The SMILES string of the molecule is CCOc1cc(/C=N\NC(=O)c2cc3ccccc3cc2OC)cc(I)c1OCc1ccc(Cl)cc1. The number of nitrogens with zero attached hydrogens (tertiary/aromatic N) is 1. The molecule has 4 aromatic rings. The fourth-order valence-electron chi connectivity index (χ4n) is 3.59. The molecule has 0 atom stereocenters. The van der Waals surface area contributed by atoms with Crippen LogP contribution in [0.15, 0.2) is 77.9 Å². The molecule has 8 heteroatoms. The molecule has 4 aromatic carbocycles. The van der Waals surface area contributed by atoms with Crippen LogP contribution in [0.25, 0.3) is 10.8 Å². The molecule has 0 radical (unpaired) electrons. The van der Waals surface area contributed by atoms with Crippen LogP contribution in [0.5, 0.6) is 17.2 Å². The van der Waals surface area contributed by atoms with Gasteiger partial charge in [0.05, 0.1) is 29.1 Å². The molecule has 0 heterocycles. The summed E-state index contributed by atoms with van der Waals surface area (Å²) in [4.78, 5) is 12.8. The number of halogens is 2. The first kappa shape index (κ1) is 25.8. The van der Waals surface area contributed by atoms with E-state index in [2.05, 4.69) is 33.1 Å². The highest BCUT2D eigenvalue weighted by molar-refractivity contribution is 14.1. The second kappa shape index (κ2) is 12.1. The third kappa shape index (κ3) is 6.27. The molecule has 0 bridgehead atoms. The number of carbonyl (C=O) groups is 1. The second-order valence-corrected chi connectivity index (χ2v) is 9.38.